The summed E-state index contributed by atoms with van der Waals surface area (Å²) in [6, 6.07) is 3.52. The first-order valence-corrected chi connectivity index (χ1v) is 6.45. The highest BCUT2D eigenvalue weighted by Crippen LogP contribution is 2.24. The van der Waals surface area contributed by atoms with E-state index in [1.165, 1.54) is 0 Å². The molecule has 3 heterocycles. The summed E-state index contributed by atoms with van der Waals surface area (Å²) in [5.74, 6) is 2.03. The summed E-state index contributed by atoms with van der Waals surface area (Å²) in [6.07, 6.45) is 3.85. The van der Waals surface area contributed by atoms with Gasteiger partial charge in [0.25, 0.3) is 0 Å². The topological polar surface area (TPSA) is 66.5 Å². The smallest absolute Gasteiger partial charge is 0.199 e. The zero-order valence-electron chi connectivity index (χ0n) is 10.3. The Hall–Kier alpha value is -1.17. The van der Waals surface area contributed by atoms with Crippen LogP contribution in [0.2, 0.25) is 5.02 Å². The molecule has 0 bridgehead atoms. The molecule has 19 heavy (non-hydrogen) atoms. The number of pyridine rings is 1. The maximum Gasteiger partial charge on any atom is 0.199 e. The van der Waals surface area contributed by atoms with Crippen LogP contribution >= 0.6 is 24.0 Å². The van der Waals surface area contributed by atoms with E-state index in [9.17, 15) is 0 Å². The average Bonchev–Trinajstić information content (AvgIpc) is 2.89. The predicted molar refractivity (Wildman–Crippen MR) is 76.7 cm³/mol. The summed E-state index contributed by atoms with van der Waals surface area (Å²) in [7, 11) is 0. The summed E-state index contributed by atoms with van der Waals surface area (Å²) in [5.41, 5.74) is 0.707. The molecule has 3 rings (SSSR count). The zero-order valence-corrected chi connectivity index (χ0v) is 11.8. The molecule has 2 N–H and O–H groups in total. The molecule has 0 atom stereocenters. The maximum atomic E-state index is 5.94. The Morgan fingerprint density at radius 1 is 1.26 bits per heavy atom. The van der Waals surface area contributed by atoms with E-state index >= 15 is 0 Å². The SMILES string of the molecule is Cl.Clc1ccnc(-c2n[nH]c(C3CCNCC3)n2)c1. The molecule has 1 saturated heterocycles. The van der Waals surface area contributed by atoms with Crippen molar-refractivity contribution in [2.45, 2.75) is 18.8 Å². The van der Waals surface area contributed by atoms with Gasteiger partial charge in [-0.2, -0.15) is 5.10 Å². The molecule has 102 valence electrons. The van der Waals surface area contributed by atoms with Gasteiger partial charge in [0.2, 0.25) is 0 Å². The molecular weight excluding hydrogens is 285 g/mol. The summed E-state index contributed by atoms with van der Waals surface area (Å²) in [4.78, 5) is 8.76. The van der Waals surface area contributed by atoms with Crippen LogP contribution in [-0.4, -0.2) is 33.3 Å². The van der Waals surface area contributed by atoms with Crippen molar-refractivity contribution in [2.24, 2.45) is 0 Å². The minimum Gasteiger partial charge on any atom is -0.317 e. The molecule has 0 spiro atoms. The fourth-order valence-electron chi connectivity index (χ4n) is 2.19. The Labute approximate surface area is 122 Å². The Morgan fingerprint density at radius 2 is 2.05 bits per heavy atom. The van der Waals surface area contributed by atoms with Gasteiger partial charge >= 0.3 is 0 Å². The van der Waals surface area contributed by atoms with Crippen molar-refractivity contribution < 1.29 is 0 Å². The number of hydrogen-bond acceptors (Lipinski definition) is 4. The fraction of sp³-hybridized carbons (Fsp3) is 0.417. The Kier molecular flexibility index (Phi) is 4.74. The van der Waals surface area contributed by atoms with Crippen LogP contribution in [0.4, 0.5) is 0 Å². The zero-order chi connectivity index (χ0) is 12.4. The number of nitrogens with one attached hydrogen (secondary N) is 2. The summed E-state index contributed by atoms with van der Waals surface area (Å²) in [5, 5.41) is 11.2. The lowest BCUT2D eigenvalue weighted by molar-refractivity contribution is 0.446. The number of H-pyrrole nitrogens is 1. The molecule has 5 nitrogen and oxygen atoms in total. The fourth-order valence-corrected chi connectivity index (χ4v) is 2.35. The Balaban J connectivity index is 0.00000133. The second-order valence-corrected chi connectivity index (χ2v) is 4.86. The minimum atomic E-state index is 0. The first-order valence-electron chi connectivity index (χ1n) is 6.08. The van der Waals surface area contributed by atoms with Gasteiger partial charge in [-0.1, -0.05) is 11.6 Å². The van der Waals surface area contributed by atoms with Gasteiger partial charge in [-0.3, -0.25) is 10.1 Å². The van der Waals surface area contributed by atoms with Crippen LogP contribution in [0.15, 0.2) is 18.3 Å². The van der Waals surface area contributed by atoms with E-state index in [-0.39, 0.29) is 12.4 Å². The molecule has 0 amide bonds. The number of aromatic amines is 1. The van der Waals surface area contributed by atoms with Crippen LogP contribution in [0, 0.1) is 0 Å². The van der Waals surface area contributed by atoms with E-state index in [4.69, 9.17) is 11.6 Å². The highest BCUT2D eigenvalue weighted by Gasteiger charge is 2.19. The molecule has 2 aromatic heterocycles. The standard InChI is InChI=1S/C12H14ClN5.ClH/c13-9-3-6-15-10(7-9)12-16-11(17-18-12)8-1-4-14-5-2-8;/h3,6-8,14H,1-2,4-5H2,(H,16,17,18);1H. The molecule has 0 aromatic carbocycles. The van der Waals surface area contributed by atoms with Crippen LogP contribution in [0.5, 0.6) is 0 Å². The molecule has 0 unspecified atom stereocenters. The summed E-state index contributed by atoms with van der Waals surface area (Å²) < 4.78 is 0. The molecule has 1 fully saturated rings. The van der Waals surface area contributed by atoms with Crippen LogP contribution in [0.3, 0.4) is 0 Å². The first-order chi connectivity index (χ1) is 8.83. The van der Waals surface area contributed by atoms with Crippen molar-refractivity contribution in [3.63, 3.8) is 0 Å². The third kappa shape index (κ3) is 3.23. The second kappa shape index (κ2) is 6.32. The van der Waals surface area contributed by atoms with Crippen molar-refractivity contribution in [3.8, 4) is 11.5 Å². The van der Waals surface area contributed by atoms with Gasteiger partial charge in [0.1, 0.15) is 11.5 Å². The van der Waals surface area contributed by atoms with Crippen LogP contribution in [0.1, 0.15) is 24.6 Å². The van der Waals surface area contributed by atoms with Gasteiger partial charge in [-0.15, -0.1) is 12.4 Å². The number of piperidine rings is 1. The van der Waals surface area contributed by atoms with Crippen LogP contribution in [0.25, 0.3) is 11.5 Å². The lowest BCUT2D eigenvalue weighted by Crippen LogP contribution is -2.27. The summed E-state index contributed by atoms with van der Waals surface area (Å²) >= 11 is 5.94. The number of aromatic nitrogens is 4. The normalized spacial score (nSPS) is 16.1. The predicted octanol–water partition coefficient (Wildman–Crippen LogP) is 2.41. The molecule has 1 aliphatic rings. The minimum absolute atomic E-state index is 0. The number of halogens is 2. The van der Waals surface area contributed by atoms with Crippen LogP contribution in [-0.2, 0) is 0 Å². The lowest BCUT2D eigenvalue weighted by atomic mass is 9.98. The van der Waals surface area contributed by atoms with Gasteiger partial charge in [-0.25, -0.2) is 4.98 Å². The monoisotopic (exact) mass is 299 g/mol. The maximum absolute atomic E-state index is 5.94. The third-order valence-electron chi connectivity index (χ3n) is 3.18. The van der Waals surface area contributed by atoms with Gasteiger partial charge in [-0.05, 0) is 38.1 Å². The molecule has 0 saturated carbocycles. The molecule has 0 aliphatic carbocycles. The van der Waals surface area contributed by atoms with E-state index < -0.39 is 0 Å². The number of nitrogens with zero attached hydrogens (tertiary/aromatic N) is 3. The van der Waals surface area contributed by atoms with Crippen molar-refractivity contribution in [1.29, 1.82) is 0 Å². The van der Waals surface area contributed by atoms with E-state index in [1.807, 2.05) is 0 Å². The molecule has 7 heteroatoms. The number of hydrogen-bond donors (Lipinski definition) is 2. The van der Waals surface area contributed by atoms with E-state index in [1.54, 1.807) is 18.3 Å². The van der Waals surface area contributed by atoms with Gasteiger partial charge < -0.3 is 5.32 Å². The first kappa shape index (κ1) is 14.2. The molecule has 2 aromatic rings. The van der Waals surface area contributed by atoms with Gasteiger partial charge in [0, 0.05) is 17.1 Å². The Morgan fingerprint density at radius 3 is 2.79 bits per heavy atom. The second-order valence-electron chi connectivity index (χ2n) is 4.43. The number of rotatable bonds is 2. The highest BCUT2D eigenvalue weighted by atomic mass is 35.5. The molecular formula is C12H15Cl2N5. The molecule has 0 radical (unpaired) electrons. The average molecular weight is 300 g/mol. The molecule has 1 aliphatic heterocycles. The quantitative estimate of drug-likeness (QED) is 0.894. The van der Waals surface area contributed by atoms with Crippen molar-refractivity contribution >= 4 is 24.0 Å². The van der Waals surface area contributed by atoms with Crippen molar-refractivity contribution in [3.05, 3.63) is 29.2 Å². The van der Waals surface area contributed by atoms with Crippen molar-refractivity contribution in [1.82, 2.24) is 25.5 Å². The van der Waals surface area contributed by atoms with E-state index in [2.05, 4.69) is 25.5 Å². The largest absolute Gasteiger partial charge is 0.317 e. The Bertz CT molecular complexity index is 536. The van der Waals surface area contributed by atoms with E-state index in [0.717, 1.165) is 31.8 Å². The van der Waals surface area contributed by atoms with Crippen molar-refractivity contribution in [2.75, 3.05) is 13.1 Å². The van der Waals surface area contributed by atoms with Gasteiger partial charge in [0.15, 0.2) is 5.82 Å². The van der Waals surface area contributed by atoms with E-state index in [0.29, 0.717) is 22.5 Å². The van der Waals surface area contributed by atoms with Crippen LogP contribution < -0.4 is 5.32 Å². The van der Waals surface area contributed by atoms with Gasteiger partial charge in [0.05, 0.1) is 0 Å². The summed E-state index contributed by atoms with van der Waals surface area (Å²) in [6.45, 7) is 2.08. The lowest BCUT2D eigenvalue weighted by Gasteiger charge is -2.19. The highest BCUT2D eigenvalue weighted by molar-refractivity contribution is 6.30. The third-order valence-corrected chi connectivity index (χ3v) is 3.41.